The molecule has 0 spiro atoms. The fraction of sp³-hybridized carbons (Fsp3) is 1.00. The highest BCUT2D eigenvalue weighted by Gasteiger charge is 2.50. The molecule has 1 atom stereocenters. The monoisotopic (exact) mass is 173 g/mol. The Morgan fingerprint density at radius 2 is 2.08 bits per heavy atom. The van der Waals surface area contributed by atoms with E-state index in [1.54, 1.807) is 0 Å². The Kier molecular flexibility index (Phi) is 2.76. The van der Waals surface area contributed by atoms with E-state index >= 15 is 0 Å². The standard InChI is InChI=1S/C9H19NO2/c1-4-12-9(5-10)7-11-6-8(9,2)3/h4-7,10H2,1-3H3. The summed E-state index contributed by atoms with van der Waals surface area (Å²) in [5.41, 5.74) is 5.50. The van der Waals surface area contributed by atoms with Crippen LogP contribution in [0.3, 0.4) is 0 Å². The second-order valence-electron chi connectivity index (χ2n) is 4.01. The average Bonchev–Trinajstić information content (AvgIpc) is 2.29. The molecule has 0 aromatic heterocycles. The second kappa shape index (κ2) is 3.32. The molecule has 12 heavy (non-hydrogen) atoms. The van der Waals surface area contributed by atoms with Gasteiger partial charge in [-0.1, -0.05) is 13.8 Å². The zero-order chi connectivity index (χ0) is 9.24. The molecule has 0 aliphatic carbocycles. The minimum atomic E-state index is -0.262. The summed E-state index contributed by atoms with van der Waals surface area (Å²) in [6, 6.07) is 0. The summed E-state index contributed by atoms with van der Waals surface area (Å²) >= 11 is 0. The van der Waals surface area contributed by atoms with Gasteiger partial charge in [-0.2, -0.15) is 0 Å². The molecule has 1 saturated heterocycles. The van der Waals surface area contributed by atoms with Gasteiger partial charge in [-0.05, 0) is 6.92 Å². The zero-order valence-electron chi connectivity index (χ0n) is 8.22. The van der Waals surface area contributed by atoms with Crippen molar-refractivity contribution in [1.29, 1.82) is 0 Å². The summed E-state index contributed by atoms with van der Waals surface area (Å²) in [6.45, 7) is 8.88. The van der Waals surface area contributed by atoms with Gasteiger partial charge < -0.3 is 15.2 Å². The molecule has 1 unspecified atom stereocenters. The third kappa shape index (κ3) is 1.37. The largest absolute Gasteiger partial charge is 0.378 e. The Labute approximate surface area is 74.2 Å². The smallest absolute Gasteiger partial charge is 0.111 e. The van der Waals surface area contributed by atoms with Crippen LogP contribution in [-0.4, -0.2) is 32.0 Å². The van der Waals surface area contributed by atoms with E-state index in [1.807, 2.05) is 6.92 Å². The lowest BCUT2D eigenvalue weighted by Crippen LogP contribution is -2.52. The van der Waals surface area contributed by atoms with Gasteiger partial charge in [0, 0.05) is 18.6 Å². The van der Waals surface area contributed by atoms with E-state index in [9.17, 15) is 0 Å². The van der Waals surface area contributed by atoms with Gasteiger partial charge in [-0.3, -0.25) is 0 Å². The van der Waals surface area contributed by atoms with Gasteiger partial charge in [0.2, 0.25) is 0 Å². The lowest BCUT2D eigenvalue weighted by atomic mass is 9.77. The quantitative estimate of drug-likeness (QED) is 0.686. The molecule has 3 heteroatoms. The third-order valence-corrected chi connectivity index (χ3v) is 2.78. The molecule has 3 nitrogen and oxygen atoms in total. The average molecular weight is 173 g/mol. The van der Waals surface area contributed by atoms with E-state index in [1.165, 1.54) is 0 Å². The number of nitrogens with two attached hydrogens (primary N) is 1. The van der Waals surface area contributed by atoms with Crippen molar-refractivity contribution in [3.63, 3.8) is 0 Å². The number of ether oxygens (including phenoxy) is 2. The highest BCUT2D eigenvalue weighted by atomic mass is 16.6. The highest BCUT2D eigenvalue weighted by Crippen LogP contribution is 2.39. The van der Waals surface area contributed by atoms with E-state index in [0.29, 0.717) is 19.8 Å². The lowest BCUT2D eigenvalue weighted by Gasteiger charge is -2.37. The minimum absolute atomic E-state index is 0.0394. The molecule has 1 fully saturated rings. The Morgan fingerprint density at radius 1 is 1.42 bits per heavy atom. The van der Waals surface area contributed by atoms with Crippen LogP contribution in [0.15, 0.2) is 0 Å². The van der Waals surface area contributed by atoms with E-state index in [0.717, 1.165) is 6.61 Å². The first-order chi connectivity index (χ1) is 5.58. The Balaban J connectivity index is 2.76. The van der Waals surface area contributed by atoms with Crippen molar-refractivity contribution in [1.82, 2.24) is 0 Å². The van der Waals surface area contributed by atoms with Crippen molar-refractivity contribution in [2.45, 2.75) is 26.4 Å². The first kappa shape index (κ1) is 9.96. The summed E-state index contributed by atoms with van der Waals surface area (Å²) in [7, 11) is 0. The van der Waals surface area contributed by atoms with E-state index < -0.39 is 0 Å². The molecule has 0 amide bonds. The number of rotatable bonds is 3. The van der Waals surface area contributed by atoms with Crippen molar-refractivity contribution in [2.24, 2.45) is 11.1 Å². The van der Waals surface area contributed by atoms with Crippen LogP contribution in [0.1, 0.15) is 20.8 Å². The summed E-state index contributed by atoms with van der Waals surface area (Å²) in [5, 5.41) is 0. The van der Waals surface area contributed by atoms with Crippen LogP contribution in [0, 0.1) is 5.41 Å². The van der Waals surface area contributed by atoms with Crippen molar-refractivity contribution >= 4 is 0 Å². The molecule has 0 bridgehead atoms. The first-order valence-electron chi connectivity index (χ1n) is 4.50. The van der Waals surface area contributed by atoms with Gasteiger partial charge in [0.05, 0.1) is 13.2 Å². The topological polar surface area (TPSA) is 44.5 Å². The van der Waals surface area contributed by atoms with Crippen LogP contribution in [0.4, 0.5) is 0 Å². The van der Waals surface area contributed by atoms with E-state index in [-0.39, 0.29) is 11.0 Å². The maximum absolute atomic E-state index is 5.73. The van der Waals surface area contributed by atoms with Gasteiger partial charge in [0.15, 0.2) is 0 Å². The van der Waals surface area contributed by atoms with Crippen LogP contribution in [0.25, 0.3) is 0 Å². The molecular weight excluding hydrogens is 154 g/mol. The maximum Gasteiger partial charge on any atom is 0.111 e. The van der Waals surface area contributed by atoms with Crippen molar-refractivity contribution < 1.29 is 9.47 Å². The molecule has 2 N–H and O–H groups in total. The lowest BCUT2D eigenvalue weighted by molar-refractivity contribution is -0.0857. The van der Waals surface area contributed by atoms with Crippen LogP contribution in [-0.2, 0) is 9.47 Å². The number of hydrogen-bond acceptors (Lipinski definition) is 3. The molecule has 1 aliphatic rings. The van der Waals surface area contributed by atoms with Crippen molar-refractivity contribution in [2.75, 3.05) is 26.4 Å². The Bertz CT molecular complexity index is 159. The van der Waals surface area contributed by atoms with Crippen molar-refractivity contribution in [3.8, 4) is 0 Å². The molecular formula is C9H19NO2. The summed E-state index contributed by atoms with van der Waals surface area (Å²) in [6.07, 6.45) is 0. The summed E-state index contributed by atoms with van der Waals surface area (Å²) < 4.78 is 11.1. The van der Waals surface area contributed by atoms with Crippen LogP contribution in [0.5, 0.6) is 0 Å². The predicted molar refractivity (Wildman–Crippen MR) is 48.0 cm³/mol. The fourth-order valence-corrected chi connectivity index (χ4v) is 1.71. The molecule has 1 rings (SSSR count). The Hall–Kier alpha value is -0.120. The summed E-state index contributed by atoms with van der Waals surface area (Å²) in [4.78, 5) is 0. The molecule has 1 heterocycles. The maximum atomic E-state index is 5.73. The predicted octanol–water partition coefficient (Wildman–Crippen LogP) is 0.777. The van der Waals surface area contributed by atoms with Gasteiger partial charge in [-0.15, -0.1) is 0 Å². The first-order valence-corrected chi connectivity index (χ1v) is 4.50. The van der Waals surface area contributed by atoms with Gasteiger partial charge in [0.25, 0.3) is 0 Å². The van der Waals surface area contributed by atoms with E-state index in [4.69, 9.17) is 15.2 Å². The zero-order valence-corrected chi connectivity index (χ0v) is 8.22. The summed E-state index contributed by atoms with van der Waals surface area (Å²) in [5.74, 6) is 0. The SMILES string of the molecule is CCOC1(CN)COCC1(C)C. The van der Waals surface area contributed by atoms with Crippen LogP contribution < -0.4 is 5.73 Å². The van der Waals surface area contributed by atoms with Crippen LogP contribution >= 0.6 is 0 Å². The molecule has 0 saturated carbocycles. The molecule has 0 aromatic carbocycles. The van der Waals surface area contributed by atoms with E-state index in [2.05, 4.69) is 13.8 Å². The molecule has 72 valence electrons. The highest BCUT2D eigenvalue weighted by molar-refractivity contribution is 5.00. The normalized spacial score (nSPS) is 34.0. The number of hydrogen-bond donors (Lipinski definition) is 1. The van der Waals surface area contributed by atoms with Gasteiger partial charge >= 0.3 is 0 Å². The fourth-order valence-electron chi connectivity index (χ4n) is 1.71. The van der Waals surface area contributed by atoms with Gasteiger partial charge in [-0.25, -0.2) is 0 Å². The third-order valence-electron chi connectivity index (χ3n) is 2.78. The molecule has 0 radical (unpaired) electrons. The van der Waals surface area contributed by atoms with Crippen LogP contribution in [0.2, 0.25) is 0 Å². The minimum Gasteiger partial charge on any atom is -0.378 e. The molecule has 1 aliphatic heterocycles. The Morgan fingerprint density at radius 3 is 2.42 bits per heavy atom. The molecule has 0 aromatic rings. The van der Waals surface area contributed by atoms with Crippen molar-refractivity contribution in [3.05, 3.63) is 0 Å². The van der Waals surface area contributed by atoms with Gasteiger partial charge in [0.1, 0.15) is 5.60 Å². The second-order valence-corrected chi connectivity index (χ2v) is 4.01.